The Morgan fingerprint density at radius 3 is 2.56 bits per heavy atom. The fraction of sp³-hybridized carbons (Fsp3) is 0.833. The lowest BCUT2D eigenvalue weighted by Crippen LogP contribution is -2.56. The monoisotopic (exact) mass is 372 g/mol. The molecule has 0 aromatic rings. The van der Waals surface area contributed by atoms with E-state index in [-0.39, 0.29) is 22.9 Å². The van der Waals surface area contributed by atoms with Gasteiger partial charge >= 0.3 is 0 Å². The molecule has 0 bridgehead atoms. The van der Waals surface area contributed by atoms with Crippen molar-refractivity contribution < 1.29 is 14.6 Å². The summed E-state index contributed by atoms with van der Waals surface area (Å²) in [7, 11) is 0. The lowest BCUT2D eigenvalue weighted by atomic mass is 9.47. The van der Waals surface area contributed by atoms with E-state index in [1.165, 1.54) is 24.8 Å². The van der Waals surface area contributed by atoms with Crippen LogP contribution in [0.2, 0.25) is 0 Å². The number of allylic oxidation sites excluding steroid dienone is 3. The molecule has 1 saturated heterocycles. The van der Waals surface area contributed by atoms with Crippen LogP contribution in [-0.2, 0) is 9.47 Å². The van der Waals surface area contributed by atoms with Crippen LogP contribution in [0.3, 0.4) is 0 Å². The predicted octanol–water partition coefficient (Wildman–Crippen LogP) is 4.86. The van der Waals surface area contributed by atoms with Gasteiger partial charge in [0.05, 0.1) is 19.3 Å². The molecule has 1 aliphatic heterocycles. The van der Waals surface area contributed by atoms with Gasteiger partial charge in [0.2, 0.25) is 0 Å². The fourth-order valence-corrected chi connectivity index (χ4v) is 7.66. The maximum absolute atomic E-state index is 11.5. The van der Waals surface area contributed by atoms with Gasteiger partial charge in [-0.15, -0.1) is 0 Å². The highest BCUT2D eigenvalue weighted by Gasteiger charge is 2.63. The van der Waals surface area contributed by atoms with Gasteiger partial charge < -0.3 is 14.6 Å². The molecule has 2 saturated carbocycles. The van der Waals surface area contributed by atoms with E-state index in [1.807, 2.05) is 0 Å². The minimum atomic E-state index is -0.555. The first-order valence-corrected chi connectivity index (χ1v) is 11.1. The summed E-state index contributed by atoms with van der Waals surface area (Å²) in [5.41, 5.74) is 3.25. The molecule has 1 N–H and O–H groups in total. The lowest BCUT2D eigenvalue weighted by molar-refractivity contribution is -0.218. The molecule has 3 heteroatoms. The normalized spacial score (nSPS) is 51.1. The molecule has 3 nitrogen and oxygen atoms in total. The van der Waals surface area contributed by atoms with Gasteiger partial charge in [-0.05, 0) is 68.6 Å². The molecule has 0 spiro atoms. The summed E-state index contributed by atoms with van der Waals surface area (Å²) < 4.78 is 12.1. The van der Waals surface area contributed by atoms with Crippen LogP contribution in [-0.4, -0.2) is 30.2 Å². The van der Waals surface area contributed by atoms with Gasteiger partial charge in [-0.2, -0.15) is 0 Å². The van der Waals surface area contributed by atoms with Crippen molar-refractivity contribution in [2.24, 2.45) is 34.5 Å². The molecule has 5 rings (SSSR count). The Morgan fingerprint density at radius 1 is 1.07 bits per heavy atom. The molecule has 3 fully saturated rings. The largest absolute Gasteiger partial charge is 0.392 e. The summed E-state index contributed by atoms with van der Waals surface area (Å²) >= 11 is 0. The van der Waals surface area contributed by atoms with Crippen LogP contribution < -0.4 is 0 Å². The van der Waals surface area contributed by atoms with Gasteiger partial charge in [0.15, 0.2) is 5.79 Å². The number of aliphatic hydroxyl groups is 1. The second-order valence-corrected chi connectivity index (χ2v) is 10.6. The van der Waals surface area contributed by atoms with Crippen molar-refractivity contribution in [3.63, 3.8) is 0 Å². The summed E-state index contributed by atoms with van der Waals surface area (Å²) in [6.45, 7) is 10.6. The van der Waals surface area contributed by atoms with Crippen LogP contribution in [0.5, 0.6) is 0 Å². The average Bonchev–Trinajstić information content (AvgIpc) is 3.22. The first-order valence-electron chi connectivity index (χ1n) is 11.1. The van der Waals surface area contributed by atoms with Gasteiger partial charge in [0, 0.05) is 11.3 Å². The van der Waals surface area contributed by atoms with E-state index in [9.17, 15) is 5.11 Å². The van der Waals surface area contributed by atoms with Crippen LogP contribution in [0.4, 0.5) is 0 Å². The van der Waals surface area contributed by atoms with Crippen LogP contribution in [0.1, 0.15) is 66.2 Å². The number of aliphatic hydroxyl groups excluding tert-OH is 1. The highest BCUT2D eigenvalue weighted by Crippen LogP contribution is 2.66. The van der Waals surface area contributed by atoms with E-state index in [1.54, 1.807) is 5.57 Å². The highest BCUT2D eigenvalue weighted by atomic mass is 16.7. The summed E-state index contributed by atoms with van der Waals surface area (Å²) in [6.07, 6.45) is 11.6. The lowest BCUT2D eigenvalue weighted by Gasteiger charge is -2.59. The van der Waals surface area contributed by atoms with Crippen molar-refractivity contribution in [1.29, 1.82) is 0 Å². The molecule has 4 aliphatic carbocycles. The first kappa shape index (κ1) is 18.4. The Hall–Kier alpha value is -0.640. The molecule has 7 atom stereocenters. The first-order chi connectivity index (χ1) is 12.8. The second-order valence-electron chi connectivity index (χ2n) is 10.6. The second kappa shape index (κ2) is 5.93. The third-order valence-electron chi connectivity index (χ3n) is 9.36. The number of rotatable bonds is 1. The number of ether oxygens (including phenoxy) is 2. The van der Waals surface area contributed by atoms with Gasteiger partial charge in [0.25, 0.3) is 0 Å². The summed E-state index contributed by atoms with van der Waals surface area (Å²) in [6, 6.07) is 0. The Kier molecular flexibility index (Phi) is 4.04. The van der Waals surface area contributed by atoms with Crippen LogP contribution in [0.15, 0.2) is 23.3 Å². The summed E-state index contributed by atoms with van der Waals surface area (Å²) in [4.78, 5) is 0. The van der Waals surface area contributed by atoms with Gasteiger partial charge in [0.1, 0.15) is 0 Å². The molecular formula is C24H36O3. The fourth-order valence-electron chi connectivity index (χ4n) is 7.66. The quantitative estimate of drug-likeness (QED) is 0.668. The smallest absolute Gasteiger partial charge is 0.169 e. The molecule has 150 valence electrons. The molecule has 0 aromatic heterocycles. The zero-order valence-corrected chi connectivity index (χ0v) is 17.5. The molecule has 0 aromatic carbocycles. The van der Waals surface area contributed by atoms with Gasteiger partial charge in [-0.3, -0.25) is 0 Å². The van der Waals surface area contributed by atoms with Gasteiger partial charge in [-0.1, -0.05) is 44.1 Å². The predicted molar refractivity (Wildman–Crippen MR) is 106 cm³/mol. The summed E-state index contributed by atoms with van der Waals surface area (Å²) in [5.74, 6) is 1.63. The van der Waals surface area contributed by atoms with E-state index >= 15 is 0 Å². The molecule has 1 heterocycles. The minimum Gasteiger partial charge on any atom is -0.392 e. The topological polar surface area (TPSA) is 38.7 Å². The molecule has 5 aliphatic rings. The van der Waals surface area contributed by atoms with Crippen molar-refractivity contribution >= 4 is 0 Å². The maximum atomic E-state index is 11.5. The van der Waals surface area contributed by atoms with E-state index in [2.05, 4.69) is 39.8 Å². The van der Waals surface area contributed by atoms with Gasteiger partial charge in [-0.25, -0.2) is 0 Å². The number of hydrogen-bond acceptors (Lipinski definition) is 3. The SMILES string of the molecule is C[C@H]1CC[C@@]2(C)C(=CCC3C4=CCC(C5(C)OCCO5)[C@@]4(C)C(O)CC32)C1. The van der Waals surface area contributed by atoms with E-state index < -0.39 is 5.79 Å². The average molecular weight is 373 g/mol. The number of hydrogen-bond donors (Lipinski definition) is 1. The van der Waals surface area contributed by atoms with E-state index in [0.29, 0.717) is 25.0 Å². The molecular weight excluding hydrogens is 336 g/mol. The van der Waals surface area contributed by atoms with Crippen LogP contribution >= 0.6 is 0 Å². The standard InChI is InChI=1S/C24H36O3/c1-15-9-10-22(2)16(13-15)5-6-17-18-7-8-20(24(4)26-11-12-27-24)23(18,3)21(25)14-19(17)22/h5,7,15,17,19-21,25H,6,8-14H2,1-4H3/t15-,17?,19?,20?,21?,22-,23-/m0/s1. The van der Waals surface area contributed by atoms with E-state index in [0.717, 1.165) is 25.2 Å². The Morgan fingerprint density at radius 2 is 1.81 bits per heavy atom. The Labute approximate surface area is 164 Å². The zero-order chi connectivity index (χ0) is 19.0. The Balaban J connectivity index is 1.51. The van der Waals surface area contributed by atoms with Crippen molar-refractivity contribution in [2.75, 3.05) is 13.2 Å². The number of fused-ring (bicyclic) bond motifs is 5. The molecule has 0 amide bonds. The Bertz CT molecular complexity index is 688. The molecule has 27 heavy (non-hydrogen) atoms. The van der Waals surface area contributed by atoms with Crippen molar-refractivity contribution in [1.82, 2.24) is 0 Å². The summed E-state index contributed by atoms with van der Waals surface area (Å²) in [5, 5.41) is 11.5. The van der Waals surface area contributed by atoms with E-state index in [4.69, 9.17) is 9.47 Å². The minimum absolute atomic E-state index is 0.211. The van der Waals surface area contributed by atoms with Crippen LogP contribution in [0.25, 0.3) is 0 Å². The highest BCUT2D eigenvalue weighted by molar-refractivity contribution is 5.36. The zero-order valence-electron chi connectivity index (χ0n) is 17.5. The van der Waals surface area contributed by atoms with Crippen molar-refractivity contribution in [3.05, 3.63) is 23.3 Å². The third-order valence-corrected chi connectivity index (χ3v) is 9.36. The van der Waals surface area contributed by atoms with Crippen LogP contribution in [0, 0.1) is 34.5 Å². The maximum Gasteiger partial charge on any atom is 0.169 e. The van der Waals surface area contributed by atoms with Crippen molar-refractivity contribution in [2.45, 2.75) is 78.1 Å². The third kappa shape index (κ3) is 2.37. The van der Waals surface area contributed by atoms with Crippen molar-refractivity contribution in [3.8, 4) is 0 Å². The molecule has 4 unspecified atom stereocenters. The molecule has 0 radical (unpaired) electrons.